The molecule has 1 fully saturated rings. The monoisotopic (exact) mass is 302 g/mol. The van der Waals surface area contributed by atoms with E-state index in [1.165, 1.54) is 34.7 Å². The molecule has 2 rings (SSSR count). The van der Waals surface area contributed by atoms with Gasteiger partial charge in [-0.15, -0.1) is 11.3 Å². The molecule has 0 bridgehead atoms. The van der Waals surface area contributed by atoms with E-state index in [0.717, 1.165) is 19.0 Å². The van der Waals surface area contributed by atoms with Gasteiger partial charge in [-0.25, -0.2) is 0 Å². The van der Waals surface area contributed by atoms with Gasteiger partial charge in [0.25, 0.3) is 0 Å². The molecule has 1 unspecified atom stereocenters. The van der Waals surface area contributed by atoms with Crippen molar-refractivity contribution >= 4 is 27.3 Å². The van der Waals surface area contributed by atoms with E-state index in [1.807, 2.05) is 11.3 Å². The quantitative estimate of drug-likeness (QED) is 0.900. The fourth-order valence-corrected chi connectivity index (χ4v) is 3.67. The summed E-state index contributed by atoms with van der Waals surface area (Å²) >= 11 is 5.31. The second-order valence-electron chi connectivity index (χ2n) is 4.38. The summed E-state index contributed by atoms with van der Waals surface area (Å²) in [6.45, 7) is 8.18. The molecule has 90 valence electrons. The van der Waals surface area contributed by atoms with Gasteiger partial charge in [-0.3, -0.25) is 0 Å². The Balaban J connectivity index is 1.65. The van der Waals surface area contributed by atoms with E-state index in [4.69, 9.17) is 0 Å². The maximum atomic E-state index is 3.56. The molecule has 1 aromatic heterocycles. The van der Waals surface area contributed by atoms with Gasteiger partial charge < -0.3 is 10.2 Å². The van der Waals surface area contributed by atoms with Gasteiger partial charge in [-0.1, -0.05) is 6.92 Å². The summed E-state index contributed by atoms with van der Waals surface area (Å²) < 4.78 is 1.22. The molecule has 1 aliphatic rings. The SMILES string of the molecule is CCN1CCC(CNCc2ccc(Br)s2)C1. The molecular formula is C12H19BrN2S. The summed E-state index contributed by atoms with van der Waals surface area (Å²) in [5, 5.41) is 3.56. The number of likely N-dealkylation sites (tertiary alicyclic amines) is 1. The predicted molar refractivity (Wildman–Crippen MR) is 73.9 cm³/mol. The van der Waals surface area contributed by atoms with Crippen molar-refractivity contribution in [2.75, 3.05) is 26.2 Å². The third-order valence-corrected chi connectivity index (χ3v) is 4.80. The number of thiophene rings is 1. The van der Waals surface area contributed by atoms with Crippen molar-refractivity contribution in [3.8, 4) is 0 Å². The highest BCUT2D eigenvalue weighted by atomic mass is 79.9. The van der Waals surface area contributed by atoms with E-state index in [-0.39, 0.29) is 0 Å². The third-order valence-electron chi connectivity index (χ3n) is 3.18. The van der Waals surface area contributed by atoms with Gasteiger partial charge in [0.1, 0.15) is 0 Å². The van der Waals surface area contributed by atoms with Crippen LogP contribution in [0.5, 0.6) is 0 Å². The Morgan fingerprint density at radius 2 is 2.44 bits per heavy atom. The lowest BCUT2D eigenvalue weighted by Gasteiger charge is -2.13. The minimum atomic E-state index is 0.850. The minimum Gasteiger partial charge on any atom is -0.312 e. The fourth-order valence-electron chi connectivity index (χ4n) is 2.21. The van der Waals surface area contributed by atoms with E-state index in [9.17, 15) is 0 Å². The Morgan fingerprint density at radius 3 is 3.06 bits per heavy atom. The standard InChI is InChI=1S/C12H19BrN2S/c1-2-15-6-5-10(9-15)7-14-8-11-3-4-12(13)16-11/h3-4,10,14H,2,5-9H2,1H3. The summed E-state index contributed by atoms with van der Waals surface area (Å²) in [6, 6.07) is 4.31. The zero-order chi connectivity index (χ0) is 11.4. The molecule has 0 spiro atoms. The summed E-state index contributed by atoms with van der Waals surface area (Å²) in [5.74, 6) is 0.850. The lowest BCUT2D eigenvalue weighted by Crippen LogP contribution is -2.25. The zero-order valence-electron chi connectivity index (χ0n) is 9.71. The highest BCUT2D eigenvalue weighted by Crippen LogP contribution is 2.22. The van der Waals surface area contributed by atoms with Crippen molar-refractivity contribution in [3.05, 3.63) is 20.8 Å². The largest absolute Gasteiger partial charge is 0.312 e. The van der Waals surface area contributed by atoms with E-state index in [2.05, 4.69) is 45.2 Å². The lowest BCUT2D eigenvalue weighted by atomic mass is 10.1. The van der Waals surface area contributed by atoms with Crippen LogP contribution in [0.4, 0.5) is 0 Å². The first-order valence-corrected chi connectivity index (χ1v) is 7.56. The van der Waals surface area contributed by atoms with Gasteiger partial charge in [0.15, 0.2) is 0 Å². The molecule has 1 atom stereocenters. The molecule has 16 heavy (non-hydrogen) atoms. The second kappa shape index (κ2) is 6.15. The van der Waals surface area contributed by atoms with Crippen LogP contribution in [0.1, 0.15) is 18.2 Å². The van der Waals surface area contributed by atoms with E-state index >= 15 is 0 Å². The maximum Gasteiger partial charge on any atom is 0.0701 e. The molecule has 0 amide bonds. The van der Waals surface area contributed by atoms with Crippen LogP contribution in [-0.4, -0.2) is 31.1 Å². The number of hydrogen-bond donors (Lipinski definition) is 1. The Bertz CT molecular complexity index is 327. The van der Waals surface area contributed by atoms with Crippen LogP contribution >= 0.6 is 27.3 Å². The average Bonchev–Trinajstić information content (AvgIpc) is 2.88. The van der Waals surface area contributed by atoms with Crippen molar-refractivity contribution in [2.24, 2.45) is 5.92 Å². The Morgan fingerprint density at radius 1 is 1.56 bits per heavy atom. The number of hydrogen-bond acceptors (Lipinski definition) is 3. The van der Waals surface area contributed by atoms with Crippen molar-refractivity contribution in [2.45, 2.75) is 19.9 Å². The van der Waals surface area contributed by atoms with Crippen LogP contribution < -0.4 is 5.32 Å². The molecule has 1 aromatic rings. The Labute approximate surface area is 110 Å². The van der Waals surface area contributed by atoms with Gasteiger partial charge in [0, 0.05) is 18.0 Å². The summed E-state index contributed by atoms with van der Waals surface area (Å²) in [5.41, 5.74) is 0. The molecule has 4 heteroatoms. The highest BCUT2D eigenvalue weighted by Gasteiger charge is 2.20. The molecule has 2 heterocycles. The van der Waals surface area contributed by atoms with E-state index in [0.29, 0.717) is 0 Å². The summed E-state index contributed by atoms with van der Waals surface area (Å²) in [6.07, 6.45) is 1.36. The highest BCUT2D eigenvalue weighted by molar-refractivity contribution is 9.11. The lowest BCUT2D eigenvalue weighted by molar-refractivity contribution is 0.339. The molecule has 0 aromatic carbocycles. The molecule has 0 aliphatic carbocycles. The predicted octanol–water partition coefficient (Wildman–Crippen LogP) is 2.94. The van der Waals surface area contributed by atoms with Crippen molar-refractivity contribution in [3.63, 3.8) is 0 Å². The van der Waals surface area contributed by atoms with Crippen LogP contribution in [0.25, 0.3) is 0 Å². The van der Waals surface area contributed by atoms with Crippen LogP contribution in [0.2, 0.25) is 0 Å². The first kappa shape index (κ1) is 12.6. The van der Waals surface area contributed by atoms with Gasteiger partial charge in [0.2, 0.25) is 0 Å². The minimum absolute atomic E-state index is 0.850. The normalized spacial score (nSPS) is 21.8. The van der Waals surface area contributed by atoms with Crippen LogP contribution in [0, 0.1) is 5.92 Å². The van der Waals surface area contributed by atoms with Gasteiger partial charge in [-0.2, -0.15) is 0 Å². The van der Waals surface area contributed by atoms with Crippen molar-refractivity contribution < 1.29 is 0 Å². The second-order valence-corrected chi connectivity index (χ2v) is 6.93. The zero-order valence-corrected chi connectivity index (χ0v) is 12.1. The smallest absolute Gasteiger partial charge is 0.0701 e. The summed E-state index contributed by atoms with van der Waals surface area (Å²) in [7, 11) is 0. The van der Waals surface area contributed by atoms with Crippen molar-refractivity contribution in [1.29, 1.82) is 0 Å². The van der Waals surface area contributed by atoms with Gasteiger partial charge >= 0.3 is 0 Å². The topological polar surface area (TPSA) is 15.3 Å². The number of nitrogens with one attached hydrogen (secondary N) is 1. The van der Waals surface area contributed by atoms with Crippen LogP contribution in [0.3, 0.4) is 0 Å². The van der Waals surface area contributed by atoms with E-state index in [1.54, 1.807) is 0 Å². The summed E-state index contributed by atoms with van der Waals surface area (Å²) in [4.78, 5) is 3.95. The maximum absolute atomic E-state index is 3.56. The molecule has 1 N–H and O–H groups in total. The number of nitrogens with zero attached hydrogens (tertiary/aromatic N) is 1. The van der Waals surface area contributed by atoms with Gasteiger partial charge in [0.05, 0.1) is 3.79 Å². The van der Waals surface area contributed by atoms with E-state index < -0.39 is 0 Å². The van der Waals surface area contributed by atoms with Crippen molar-refractivity contribution in [1.82, 2.24) is 10.2 Å². The Kier molecular flexibility index (Phi) is 4.82. The number of rotatable bonds is 5. The molecular weight excluding hydrogens is 284 g/mol. The molecule has 0 saturated carbocycles. The fraction of sp³-hybridized carbons (Fsp3) is 0.667. The third kappa shape index (κ3) is 3.55. The molecule has 0 radical (unpaired) electrons. The first-order chi connectivity index (χ1) is 7.78. The van der Waals surface area contributed by atoms with Crippen LogP contribution in [0.15, 0.2) is 15.9 Å². The molecule has 1 saturated heterocycles. The van der Waals surface area contributed by atoms with Gasteiger partial charge in [-0.05, 0) is 60.0 Å². The first-order valence-electron chi connectivity index (χ1n) is 5.95. The number of halogens is 1. The Hall–Kier alpha value is 0.1000. The van der Waals surface area contributed by atoms with Crippen LogP contribution in [-0.2, 0) is 6.54 Å². The molecule has 1 aliphatic heterocycles. The molecule has 2 nitrogen and oxygen atoms in total. The average molecular weight is 303 g/mol.